The van der Waals surface area contributed by atoms with Crippen molar-refractivity contribution in [3.05, 3.63) is 10.5 Å². The minimum atomic E-state index is -0.327. The first-order chi connectivity index (χ1) is 8.38. The van der Waals surface area contributed by atoms with Crippen molar-refractivity contribution in [2.24, 2.45) is 23.4 Å². The number of aromatic nitrogens is 3. The van der Waals surface area contributed by atoms with Gasteiger partial charge in [0.15, 0.2) is 5.16 Å². The van der Waals surface area contributed by atoms with Crippen LogP contribution in [0.2, 0.25) is 0 Å². The van der Waals surface area contributed by atoms with E-state index in [4.69, 9.17) is 10.9 Å². The van der Waals surface area contributed by atoms with Crippen molar-refractivity contribution in [3.63, 3.8) is 0 Å². The number of hydrogen-bond donors (Lipinski definition) is 3. The van der Waals surface area contributed by atoms with E-state index in [0.29, 0.717) is 5.16 Å². The fourth-order valence-electron chi connectivity index (χ4n) is 1.40. The second-order valence-corrected chi connectivity index (χ2v) is 5.75. The molecule has 0 saturated carbocycles. The Kier molecular flexibility index (Phi) is 4.83. The first kappa shape index (κ1) is 14.6. The summed E-state index contributed by atoms with van der Waals surface area (Å²) in [5, 5.41) is 18.6. The lowest BCUT2D eigenvalue weighted by atomic mass is 9.87. The quantitative estimate of drug-likeness (QED) is 0.177. The second-order valence-electron chi connectivity index (χ2n) is 4.69. The van der Waals surface area contributed by atoms with E-state index in [-0.39, 0.29) is 16.9 Å². The number of aromatic amines is 1. The molecule has 0 radical (unpaired) electrons. The van der Waals surface area contributed by atoms with Gasteiger partial charge in [0.05, 0.1) is 0 Å². The summed E-state index contributed by atoms with van der Waals surface area (Å²) >= 11 is 1.51. The van der Waals surface area contributed by atoms with Crippen molar-refractivity contribution < 1.29 is 5.21 Å². The van der Waals surface area contributed by atoms with Gasteiger partial charge in [0.1, 0.15) is 5.84 Å². The number of oxime groups is 1. The number of H-pyrrole nitrogens is 1. The molecule has 0 amide bonds. The number of nitrogens with two attached hydrogens (primary N) is 1. The maximum atomic E-state index is 11.1. The highest BCUT2D eigenvalue weighted by molar-refractivity contribution is 7.99. The molecule has 0 fully saturated rings. The fourth-order valence-corrected chi connectivity index (χ4v) is 2.26. The van der Waals surface area contributed by atoms with Crippen molar-refractivity contribution in [2.45, 2.75) is 31.8 Å². The summed E-state index contributed by atoms with van der Waals surface area (Å²) in [6, 6.07) is 0. The highest BCUT2D eigenvalue weighted by atomic mass is 32.2. The number of nitrogens with zero attached hydrogens (tertiary/aromatic N) is 3. The monoisotopic (exact) mass is 273 g/mol. The van der Waals surface area contributed by atoms with Crippen molar-refractivity contribution >= 4 is 17.6 Å². The summed E-state index contributed by atoms with van der Waals surface area (Å²) < 4.78 is 1.47. The van der Waals surface area contributed by atoms with E-state index < -0.39 is 0 Å². The Balaban J connectivity index is 2.40. The third kappa shape index (κ3) is 3.52. The van der Waals surface area contributed by atoms with Gasteiger partial charge < -0.3 is 10.9 Å². The Labute approximate surface area is 109 Å². The summed E-state index contributed by atoms with van der Waals surface area (Å²) in [5.41, 5.74) is 5.06. The third-order valence-electron chi connectivity index (χ3n) is 2.82. The Morgan fingerprint density at radius 3 is 2.83 bits per heavy atom. The first-order valence-corrected chi connectivity index (χ1v) is 6.59. The minimum Gasteiger partial charge on any atom is -0.409 e. The number of nitrogens with one attached hydrogen (secondary N) is 1. The number of amidine groups is 1. The molecule has 0 spiro atoms. The summed E-state index contributed by atoms with van der Waals surface area (Å²) in [6.07, 6.45) is 1.68. The van der Waals surface area contributed by atoms with Gasteiger partial charge in [-0.25, -0.2) is 9.89 Å². The average Bonchev–Trinajstić information content (AvgIpc) is 2.65. The molecule has 18 heavy (non-hydrogen) atoms. The summed E-state index contributed by atoms with van der Waals surface area (Å²) in [4.78, 5) is 11.1. The van der Waals surface area contributed by atoms with Gasteiger partial charge in [-0.2, -0.15) is 0 Å². The molecule has 0 aromatic carbocycles. The van der Waals surface area contributed by atoms with Crippen molar-refractivity contribution in [3.8, 4) is 0 Å². The largest absolute Gasteiger partial charge is 0.409 e. The molecule has 0 unspecified atom stereocenters. The van der Waals surface area contributed by atoms with Gasteiger partial charge >= 0.3 is 5.69 Å². The molecule has 1 aromatic rings. The van der Waals surface area contributed by atoms with Crippen LogP contribution in [-0.4, -0.2) is 31.6 Å². The van der Waals surface area contributed by atoms with E-state index in [2.05, 4.69) is 15.4 Å². The molecule has 1 aromatic heterocycles. The molecular weight excluding hydrogens is 254 g/mol. The van der Waals surface area contributed by atoms with E-state index in [1.165, 1.54) is 16.3 Å². The van der Waals surface area contributed by atoms with Gasteiger partial charge in [0.25, 0.3) is 0 Å². The fraction of sp³-hybridized carbons (Fsp3) is 0.700. The molecule has 0 aliphatic rings. The van der Waals surface area contributed by atoms with Crippen LogP contribution in [0.4, 0.5) is 0 Å². The zero-order valence-electron chi connectivity index (χ0n) is 10.8. The maximum Gasteiger partial charge on any atom is 0.343 e. The molecule has 1 rings (SSSR count). The topological polar surface area (TPSA) is 109 Å². The van der Waals surface area contributed by atoms with E-state index in [9.17, 15) is 4.79 Å². The summed E-state index contributed by atoms with van der Waals surface area (Å²) in [6.45, 7) is 3.86. The maximum absolute atomic E-state index is 11.1. The van der Waals surface area contributed by atoms with E-state index in [0.717, 1.165) is 18.6 Å². The highest BCUT2D eigenvalue weighted by Gasteiger charge is 2.22. The predicted octanol–water partition coefficient (Wildman–Crippen LogP) is 0.753. The molecule has 0 saturated heterocycles. The molecule has 4 N–H and O–H groups in total. The smallest absolute Gasteiger partial charge is 0.343 e. The zero-order valence-corrected chi connectivity index (χ0v) is 11.6. The van der Waals surface area contributed by atoms with Crippen LogP contribution in [0.15, 0.2) is 15.1 Å². The molecule has 0 aliphatic carbocycles. The Morgan fingerprint density at radius 1 is 1.67 bits per heavy atom. The zero-order chi connectivity index (χ0) is 13.8. The van der Waals surface area contributed by atoms with Gasteiger partial charge in [0.2, 0.25) is 0 Å². The van der Waals surface area contributed by atoms with Crippen LogP contribution in [-0.2, 0) is 7.05 Å². The molecule has 0 aliphatic heterocycles. The lowest BCUT2D eigenvalue weighted by molar-refractivity contribution is 0.305. The molecule has 0 atom stereocenters. The van der Waals surface area contributed by atoms with Crippen molar-refractivity contribution in [1.29, 1.82) is 0 Å². The van der Waals surface area contributed by atoms with Crippen molar-refractivity contribution in [2.75, 3.05) is 5.75 Å². The van der Waals surface area contributed by atoms with Gasteiger partial charge in [-0.3, -0.25) is 4.57 Å². The van der Waals surface area contributed by atoms with Crippen LogP contribution < -0.4 is 11.4 Å². The molecule has 8 heteroatoms. The predicted molar refractivity (Wildman–Crippen MR) is 71.0 cm³/mol. The standard InChI is InChI=1S/C10H19N5O2S/c1-10(2,7(11)14-17)5-4-6-18-9-13-12-8(16)15(9)3/h17H,4-6H2,1-3H3,(H2,11,14)(H,12,16). The number of thioether (sulfide) groups is 1. The van der Waals surface area contributed by atoms with E-state index >= 15 is 0 Å². The van der Waals surface area contributed by atoms with Crippen LogP contribution in [0, 0.1) is 5.41 Å². The van der Waals surface area contributed by atoms with Crippen LogP contribution in [0.5, 0.6) is 0 Å². The Morgan fingerprint density at radius 2 is 2.33 bits per heavy atom. The SMILES string of the molecule is Cn1c(SCCCC(C)(C)C(N)=NO)n[nH]c1=O. The molecular formula is C10H19N5O2S. The summed E-state index contributed by atoms with van der Waals surface area (Å²) in [7, 11) is 1.68. The van der Waals surface area contributed by atoms with Crippen LogP contribution in [0.25, 0.3) is 0 Å². The van der Waals surface area contributed by atoms with Gasteiger partial charge in [-0.15, -0.1) is 5.10 Å². The second kappa shape index (κ2) is 5.94. The van der Waals surface area contributed by atoms with E-state index in [1.54, 1.807) is 7.05 Å². The molecule has 7 nitrogen and oxygen atoms in total. The van der Waals surface area contributed by atoms with Gasteiger partial charge in [0, 0.05) is 18.2 Å². The van der Waals surface area contributed by atoms with Gasteiger partial charge in [-0.1, -0.05) is 30.8 Å². The van der Waals surface area contributed by atoms with E-state index in [1.807, 2.05) is 13.8 Å². The van der Waals surface area contributed by atoms with Crippen LogP contribution >= 0.6 is 11.8 Å². The molecule has 0 bridgehead atoms. The van der Waals surface area contributed by atoms with Gasteiger partial charge in [-0.05, 0) is 12.8 Å². The minimum absolute atomic E-state index is 0.213. The summed E-state index contributed by atoms with van der Waals surface area (Å²) in [5.74, 6) is 1.06. The van der Waals surface area contributed by atoms with Crippen molar-refractivity contribution in [1.82, 2.24) is 14.8 Å². The highest BCUT2D eigenvalue weighted by Crippen LogP contribution is 2.24. The van der Waals surface area contributed by atoms with Crippen LogP contribution in [0.1, 0.15) is 26.7 Å². The first-order valence-electron chi connectivity index (χ1n) is 5.60. The normalized spacial score (nSPS) is 12.9. The number of hydrogen-bond acceptors (Lipinski definition) is 5. The lowest BCUT2D eigenvalue weighted by Gasteiger charge is -2.22. The molecule has 102 valence electrons. The van der Waals surface area contributed by atoms with Crippen LogP contribution in [0.3, 0.4) is 0 Å². The molecule has 1 heterocycles. The average molecular weight is 273 g/mol. The Hall–Kier alpha value is -1.44. The third-order valence-corrected chi connectivity index (χ3v) is 3.93. The lowest BCUT2D eigenvalue weighted by Crippen LogP contribution is -2.31. The number of rotatable bonds is 6. The Bertz CT molecular complexity index is 477.